The molecule has 0 aromatic carbocycles. The maximum Gasteiger partial charge on any atom is 0.360 e. The zero-order valence-corrected chi connectivity index (χ0v) is 11.6. The molecule has 0 saturated heterocycles. The summed E-state index contributed by atoms with van der Waals surface area (Å²) in [5.74, 6) is 2.14. The van der Waals surface area contributed by atoms with Crippen LogP contribution in [-0.4, -0.2) is 28.1 Å². The molecule has 5 nitrogen and oxygen atoms in total. The number of nitrogens with zero attached hydrogens (tertiary/aromatic N) is 3. The van der Waals surface area contributed by atoms with Crippen molar-refractivity contribution in [2.75, 3.05) is 7.11 Å². The van der Waals surface area contributed by atoms with E-state index >= 15 is 0 Å². The molecule has 2 saturated carbocycles. The minimum absolute atomic E-state index is 0.379. The van der Waals surface area contributed by atoms with Gasteiger partial charge in [-0.25, -0.2) is 9.48 Å². The van der Waals surface area contributed by atoms with Gasteiger partial charge in [-0.3, -0.25) is 0 Å². The van der Waals surface area contributed by atoms with Crippen LogP contribution in [0.5, 0.6) is 0 Å². The van der Waals surface area contributed by atoms with Crippen molar-refractivity contribution >= 4 is 5.97 Å². The number of aromatic nitrogens is 3. The van der Waals surface area contributed by atoms with E-state index in [4.69, 9.17) is 4.74 Å². The molecule has 5 heteroatoms. The van der Waals surface area contributed by atoms with Crippen molar-refractivity contribution in [1.82, 2.24) is 15.0 Å². The zero-order chi connectivity index (χ0) is 13.4. The highest BCUT2D eigenvalue weighted by molar-refractivity contribution is 5.88. The summed E-state index contributed by atoms with van der Waals surface area (Å²) >= 11 is 0. The fourth-order valence-electron chi connectivity index (χ4n) is 3.91. The number of ether oxygens (including phenoxy) is 1. The Balaban J connectivity index is 1.77. The lowest BCUT2D eigenvalue weighted by Gasteiger charge is -2.21. The van der Waals surface area contributed by atoms with E-state index in [-0.39, 0.29) is 5.97 Å². The normalized spacial score (nSPS) is 28.8. The number of carbonyl (C=O) groups excluding carboxylic acids is 1. The number of carbonyl (C=O) groups is 1. The summed E-state index contributed by atoms with van der Waals surface area (Å²) in [5.41, 5.74) is 1.29. The summed E-state index contributed by atoms with van der Waals surface area (Å²) in [5, 5.41) is 8.17. The third kappa shape index (κ3) is 2.15. The van der Waals surface area contributed by atoms with Crippen molar-refractivity contribution in [3.05, 3.63) is 11.4 Å². The van der Waals surface area contributed by atoms with Gasteiger partial charge in [0.05, 0.1) is 12.8 Å². The Bertz CT molecular complexity index is 483. The highest BCUT2D eigenvalue weighted by atomic mass is 16.5. The van der Waals surface area contributed by atoms with Crippen LogP contribution in [0, 0.1) is 17.8 Å². The predicted molar refractivity (Wildman–Crippen MR) is 69.7 cm³/mol. The molecule has 2 fully saturated rings. The van der Waals surface area contributed by atoms with Crippen LogP contribution in [0.25, 0.3) is 0 Å². The Morgan fingerprint density at radius 1 is 1.42 bits per heavy atom. The number of hydrogen-bond donors (Lipinski definition) is 0. The average Bonchev–Trinajstić information content (AvgIpc) is 3.12. The third-order valence-electron chi connectivity index (χ3n) is 4.84. The van der Waals surface area contributed by atoms with E-state index in [2.05, 4.69) is 10.3 Å². The number of esters is 1. The van der Waals surface area contributed by atoms with Gasteiger partial charge in [-0.15, -0.1) is 5.10 Å². The smallest absolute Gasteiger partial charge is 0.360 e. The van der Waals surface area contributed by atoms with Gasteiger partial charge in [0, 0.05) is 6.54 Å². The summed E-state index contributed by atoms with van der Waals surface area (Å²) < 4.78 is 6.68. The molecule has 0 radical (unpaired) electrons. The van der Waals surface area contributed by atoms with Crippen LogP contribution < -0.4 is 0 Å². The monoisotopic (exact) mass is 263 g/mol. The molecular weight excluding hydrogens is 242 g/mol. The van der Waals surface area contributed by atoms with Gasteiger partial charge in [-0.2, -0.15) is 0 Å². The zero-order valence-electron chi connectivity index (χ0n) is 11.6. The van der Waals surface area contributed by atoms with Crippen molar-refractivity contribution in [3.63, 3.8) is 0 Å². The van der Waals surface area contributed by atoms with Crippen molar-refractivity contribution in [2.45, 2.75) is 45.6 Å². The van der Waals surface area contributed by atoms with E-state index in [0.29, 0.717) is 5.69 Å². The Kier molecular flexibility index (Phi) is 3.29. The van der Waals surface area contributed by atoms with Crippen LogP contribution in [-0.2, 0) is 17.7 Å². The van der Waals surface area contributed by atoms with Crippen molar-refractivity contribution in [3.8, 4) is 0 Å². The molecule has 3 unspecified atom stereocenters. The second-order valence-electron chi connectivity index (χ2n) is 5.85. The lowest BCUT2D eigenvalue weighted by molar-refractivity contribution is 0.0592. The van der Waals surface area contributed by atoms with Crippen molar-refractivity contribution < 1.29 is 9.53 Å². The number of hydrogen-bond acceptors (Lipinski definition) is 4. The molecule has 1 aromatic rings. The quantitative estimate of drug-likeness (QED) is 0.780. The van der Waals surface area contributed by atoms with E-state index in [0.717, 1.165) is 36.4 Å². The van der Waals surface area contributed by atoms with Crippen LogP contribution in [0.2, 0.25) is 0 Å². The van der Waals surface area contributed by atoms with E-state index in [9.17, 15) is 4.79 Å². The van der Waals surface area contributed by atoms with Gasteiger partial charge in [0.2, 0.25) is 0 Å². The molecule has 1 aromatic heterocycles. The molecule has 0 spiro atoms. The maximum atomic E-state index is 11.6. The first-order valence-corrected chi connectivity index (χ1v) is 7.23. The lowest BCUT2D eigenvalue weighted by Crippen LogP contribution is -2.20. The Morgan fingerprint density at radius 2 is 2.26 bits per heavy atom. The first-order valence-electron chi connectivity index (χ1n) is 7.23. The summed E-state index contributed by atoms with van der Waals surface area (Å²) in [6.07, 6.45) is 6.26. The first kappa shape index (κ1) is 12.6. The molecule has 0 amide bonds. The predicted octanol–water partition coefficient (Wildman–Crippen LogP) is 2.06. The minimum Gasteiger partial charge on any atom is -0.464 e. The second kappa shape index (κ2) is 4.94. The molecular formula is C14H21N3O2. The van der Waals surface area contributed by atoms with Gasteiger partial charge in [0.1, 0.15) is 0 Å². The van der Waals surface area contributed by atoms with E-state index in [1.807, 2.05) is 11.6 Å². The summed E-state index contributed by atoms with van der Waals surface area (Å²) in [7, 11) is 1.39. The molecule has 0 aliphatic heterocycles. The standard InChI is InChI=1S/C14H21N3O2/c1-3-12-13(14(18)19-2)15-16-17(12)8-11-7-9-4-5-10(11)6-9/h9-11H,3-8H2,1-2H3. The van der Waals surface area contributed by atoms with Gasteiger partial charge >= 0.3 is 5.97 Å². The summed E-state index contributed by atoms with van der Waals surface area (Å²) in [6, 6.07) is 0. The van der Waals surface area contributed by atoms with Gasteiger partial charge in [-0.05, 0) is 43.4 Å². The van der Waals surface area contributed by atoms with Gasteiger partial charge in [-0.1, -0.05) is 18.6 Å². The second-order valence-corrected chi connectivity index (χ2v) is 5.85. The average molecular weight is 263 g/mol. The molecule has 104 valence electrons. The Hall–Kier alpha value is -1.39. The fourth-order valence-corrected chi connectivity index (χ4v) is 3.91. The van der Waals surface area contributed by atoms with Crippen molar-refractivity contribution in [2.24, 2.45) is 17.8 Å². The molecule has 2 bridgehead atoms. The summed E-state index contributed by atoms with van der Waals surface area (Å²) in [4.78, 5) is 11.6. The molecule has 3 atom stereocenters. The highest BCUT2D eigenvalue weighted by Crippen LogP contribution is 2.48. The number of methoxy groups -OCH3 is 1. The Morgan fingerprint density at radius 3 is 2.84 bits per heavy atom. The minimum atomic E-state index is -0.379. The summed E-state index contributed by atoms with van der Waals surface area (Å²) in [6.45, 7) is 2.94. The maximum absolute atomic E-state index is 11.6. The van der Waals surface area contributed by atoms with Crippen LogP contribution in [0.1, 0.15) is 48.8 Å². The van der Waals surface area contributed by atoms with Crippen LogP contribution in [0.4, 0.5) is 0 Å². The first-order chi connectivity index (χ1) is 9.22. The molecule has 3 rings (SSSR count). The largest absolute Gasteiger partial charge is 0.464 e. The third-order valence-corrected chi connectivity index (χ3v) is 4.84. The molecule has 2 aliphatic carbocycles. The van der Waals surface area contributed by atoms with Crippen LogP contribution >= 0.6 is 0 Å². The molecule has 19 heavy (non-hydrogen) atoms. The van der Waals surface area contributed by atoms with Crippen LogP contribution in [0.3, 0.4) is 0 Å². The van der Waals surface area contributed by atoms with E-state index in [1.165, 1.54) is 32.8 Å². The Labute approximate surface area is 113 Å². The molecule has 0 N–H and O–H groups in total. The van der Waals surface area contributed by atoms with Crippen LogP contribution in [0.15, 0.2) is 0 Å². The number of fused-ring (bicyclic) bond motifs is 2. The SMILES string of the molecule is CCc1c(C(=O)OC)nnn1CC1CC2CCC1C2. The topological polar surface area (TPSA) is 57.0 Å². The van der Waals surface area contributed by atoms with Gasteiger partial charge in [0.25, 0.3) is 0 Å². The van der Waals surface area contributed by atoms with E-state index in [1.54, 1.807) is 0 Å². The van der Waals surface area contributed by atoms with Crippen molar-refractivity contribution in [1.29, 1.82) is 0 Å². The van der Waals surface area contributed by atoms with Gasteiger partial charge in [0.15, 0.2) is 5.69 Å². The highest BCUT2D eigenvalue weighted by Gasteiger charge is 2.40. The van der Waals surface area contributed by atoms with Gasteiger partial charge < -0.3 is 4.74 Å². The lowest BCUT2D eigenvalue weighted by atomic mass is 9.89. The fraction of sp³-hybridized carbons (Fsp3) is 0.786. The number of rotatable bonds is 4. The van der Waals surface area contributed by atoms with E-state index < -0.39 is 0 Å². The molecule has 2 aliphatic rings. The molecule has 1 heterocycles.